The van der Waals surface area contributed by atoms with Gasteiger partial charge in [-0.2, -0.15) is 0 Å². The van der Waals surface area contributed by atoms with Crippen LogP contribution in [0.25, 0.3) is 11.2 Å². The van der Waals surface area contributed by atoms with Gasteiger partial charge in [0.1, 0.15) is 18.5 Å². The average molecular weight is 285 g/mol. The van der Waals surface area contributed by atoms with Gasteiger partial charge < -0.3 is 14.9 Å². The van der Waals surface area contributed by atoms with Crippen LogP contribution < -0.4 is 5.48 Å². The lowest BCUT2D eigenvalue weighted by Gasteiger charge is -2.16. The third kappa shape index (κ3) is 1.81. The molecule has 4 atom stereocenters. The van der Waals surface area contributed by atoms with Crippen LogP contribution in [0.5, 0.6) is 0 Å². The summed E-state index contributed by atoms with van der Waals surface area (Å²) in [6.45, 7) is -0.542. The van der Waals surface area contributed by atoms with Crippen molar-refractivity contribution in [3.63, 3.8) is 0 Å². The lowest BCUT2D eigenvalue weighted by molar-refractivity contribution is -0.0495. The highest BCUT2D eigenvalue weighted by Crippen LogP contribution is 2.33. The number of aliphatic hydroxyl groups is 2. The quantitative estimate of drug-likeness (QED) is 0.541. The monoisotopic (exact) mass is 285 g/mol. The van der Waals surface area contributed by atoms with Crippen LogP contribution in [0.3, 0.4) is 0 Å². The summed E-state index contributed by atoms with van der Waals surface area (Å²) < 4.78 is 20.3. The summed E-state index contributed by atoms with van der Waals surface area (Å²) in [5.74, 6) is 0.0803. The third-order valence-electron chi connectivity index (χ3n) is 3.21. The van der Waals surface area contributed by atoms with Crippen molar-refractivity contribution in [2.24, 2.45) is 0 Å². The molecule has 1 aliphatic heterocycles. The van der Waals surface area contributed by atoms with Crippen LogP contribution in [0.1, 0.15) is 6.23 Å². The van der Waals surface area contributed by atoms with Crippen LogP contribution in [0.4, 0.5) is 10.2 Å². The van der Waals surface area contributed by atoms with Crippen LogP contribution in [-0.4, -0.2) is 59.9 Å². The number of fused-ring (bicyclic) bond motifs is 1. The first-order valence-corrected chi connectivity index (χ1v) is 5.83. The standard InChI is InChI=1S/C10H12FN5O4/c11-5-4(1-17)20-10(7(5)18)16-3-14-6-8(15-19)12-2-13-9(6)16/h2-5,7,10,17-19H,1H2,(H,12,13,15)/t4-,5-,7-,10-/m1/s1. The van der Waals surface area contributed by atoms with Gasteiger partial charge in [0.25, 0.3) is 0 Å². The number of aromatic nitrogens is 4. The second-order valence-electron chi connectivity index (χ2n) is 4.34. The van der Waals surface area contributed by atoms with Crippen molar-refractivity contribution in [3.05, 3.63) is 12.7 Å². The summed E-state index contributed by atoms with van der Waals surface area (Å²) >= 11 is 0. The SMILES string of the molecule is OC[C@H]1O[C@@H](n2cnc3c(NO)ncnc32)[C@H](O)[C@@H]1F. The largest absolute Gasteiger partial charge is 0.394 e. The Labute approximate surface area is 111 Å². The molecule has 2 aromatic rings. The van der Waals surface area contributed by atoms with E-state index in [1.54, 1.807) is 0 Å². The van der Waals surface area contributed by atoms with E-state index >= 15 is 0 Å². The molecule has 4 N–H and O–H groups in total. The number of anilines is 1. The maximum Gasteiger partial charge on any atom is 0.181 e. The van der Waals surface area contributed by atoms with E-state index in [-0.39, 0.29) is 17.0 Å². The highest BCUT2D eigenvalue weighted by molar-refractivity contribution is 5.82. The van der Waals surface area contributed by atoms with Gasteiger partial charge in [-0.25, -0.2) is 19.3 Å². The van der Waals surface area contributed by atoms with E-state index in [1.807, 2.05) is 5.48 Å². The summed E-state index contributed by atoms with van der Waals surface area (Å²) in [6.07, 6.45) is -2.86. The Balaban J connectivity index is 2.03. The minimum atomic E-state index is -1.71. The zero-order chi connectivity index (χ0) is 14.3. The Morgan fingerprint density at radius 3 is 2.85 bits per heavy atom. The number of hydrogen-bond acceptors (Lipinski definition) is 8. The fourth-order valence-corrected chi connectivity index (χ4v) is 2.21. The van der Waals surface area contributed by atoms with E-state index < -0.39 is 31.2 Å². The molecule has 0 saturated carbocycles. The number of ether oxygens (including phenoxy) is 1. The second kappa shape index (κ2) is 4.90. The number of halogens is 1. The fraction of sp³-hybridized carbons (Fsp3) is 0.500. The van der Waals surface area contributed by atoms with Gasteiger partial charge in [-0.05, 0) is 0 Å². The first kappa shape index (κ1) is 13.1. The Kier molecular flexibility index (Phi) is 3.22. The van der Waals surface area contributed by atoms with Crippen LogP contribution in [-0.2, 0) is 4.74 Å². The van der Waals surface area contributed by atoms with Crippen LogP contribution in [0, 0.1) is 0 Å². The number of alkyl halides is 1. The number of nitrogens with zero attached hydrogens (tertiary/aromatic N) is 4. The van der Waals surface area contributed by atoms with Gasteiger partial charge >= 0.3 is 0 Å². The maximum atomic E-state index is 13.7. The topological polar surface area (TPSA) is 126 Å². The summed E-state index contributed by atoms with van der Waals surface area (Å²) in [5.41, 5.74) is 2.37. The molecule has 0 aliphatic carbocycles. The van der Waals surface area contributed by atoms with Crippen molar-refractivity contribution < 1.29 is 24.5 Å². The molecule has 9 nitrogen and oxygen atoms in total. The molecular weight excluding hydrogens is 273 g/mol. The van der Waals surface area contributed by atoms with Gasteiger partial charge in [0.05, 0.1) is 12.9 Å². The fourth-order valence-electron chi connectivity index (χ4n) is 2.21. The molecule has 0 bridgehead atoms. The van der Waals surface area contributed by atoms with Crippen molar-refractivity contribution >= 4 is 17.0 Å². The van der Waals surface area contributed by atoms with E-state index in [9.17, 15) is 9.50 Å². The molecule has 0 unspecified atom stereocenters. The van der Waals surface area contributed by atoms with Crippen LogP contribution in [0.2, 0.25) is 0 Å². The maximum absolute atomic E-state index is 13.7. The summed E-state index contributed by atoms with van der Waals surface area (Å²) in [4.78, 5) is 11.7. The lowest BCUT2D eigenvalue weighted by Crippen LogP contribution is -2.29. The lowest BCUT2D eigenvalue weighted by atomic mass is 10.1. The van der Waals surface area contributed by atoms with Crippen molar-refractivity contribution in [2.75, 3.05) is 12.1 Å². The molecule has 0 spiro atoms. The van der Waals surface area contributed by atoms with Gasteiger partial charge in [0.2, 0.25) is 0 Å². The molecule has 0 radical (unpaired) electrons. The smallest absolute Gasteiger partial charge is 0.181 e. The molecule has 1 fully saturated rings. The van der Waals surface area contributed by atoms with Crippen molar-refractivity contribution in [2.45, 2.75) is 24.6 Å². The van der Waals surface area contributed by atoms with E-state index in [4.69, 9.17) is 15.1 Å². The highest BCUT2D eigenvalue weighted by atomic mass is 19.1. The zero-order valence-corrected chi connectivity index (χ0v) is 10.1. The van der Waals surface area contributed by atoms with E-state index in [1.165, 1.54) is 17.2 Å². The molecule has 3 heterocycles. The molecule has 1 saturated heterocycles. The molecule has 0 amide bonds. The van der Waals surface area contributed by atoms with Gasteiger partial charge in [0.15, 0.2) is 29.4 Å². The Hall–Kier alpha value is -1.88. The summed E-state index contributed by atoms with van der Waals surface area (Å²) in [7, 11) is 0. The van der Waals surface area contributed by atoms with Crippen LogP contribution >= 0.6 is 0 Å². The predicted octanol–water partition coefficient (Wildman–Crippen LogP) is -0.784. The van der Waals surface area contributed by atoms with Crippen LogP contribution in [0.15, 0.2) is 12.7 Å². The summed E-state index contributed by atoms with van der Waals surface area (Å²) in [6, 6.07) is 0. The van der Waals surface area contributed by atoms with Crippen molar-refractivity contribution in [1.82, 2.24) is 19.5 Å². The second-order valence-corrected chi connectivity index (χ2v) is 4.34. The summed E-state index contributed by atoms with van der Waals surface area (Å²) in [5, 5.41) is 27.8. The first-order chi connectivity index (χ1) is 9.67. The molecule has 3 rings (SSSR count). The number of hydrogen-bond donors (Lipinski definition) is 4. The van der Waals surface area contributed by atoms with Crippen molar-refractivity contribution in [3.8, 4) is 0 Å². The Morgan fingerprint density at radius 1 is 1.40 bits per heavy atom. The van der Waals surface area contributed by atoms with Crippen molar-refractivity contribution in [1.29, 1.82) is 0 Å². The van der Waals surface area contributed by atoms with E-state index in [0.29, 0.717) is 0 Å². The number of aliphatic hydroxyl groups excluding tert-OH is 2. The minimum Gasteiger partial charge on any atom is -0.394 e. The molecule has 20 heavy (non-hydrogen) atoms. The number of imidazole rings is 1. The predicted molar refractivity (Wildman–Crippen MR) is 62.6 cm³/mol. The minimum absolute atomic E-state index is 0.0803. The molecule has 108 valence electrons. The number of nitrogens with one attached hydrogen (secondary N) is 1. The molecule has 2 aromatic heterocycles. The Morgan fingerprint density at radius 2 is 2.20 bits per heavy atom. The van der Waals surface area contributed by atoms with E-state index in [0.717, 1.165) is 0 Å². The third-order valence-corrected chi connectivity index (χ3v) is 3.21. The van der Waals surface area contributed by atoms with Gasteiger partial charge in [-0.3, -0.25) is 15.3 Å². The Bertz CT molecular complexity index is 623. The first-order valence-electron chi connectivity index (χ1n) is 5.83. The molecular formula is C10H12FN5O4. The number of rotatable bonds is 3. The normalized spacial score (nSPS) is 30.0. The van der Waals surface area contributed by atoms with Gasteiger partial charge in [-0.1, -0.05) is 0 Å². The molecule has 10 heteroatoms. The molecule has 0 aromatic carbocycles. The van der Waals surface area contributed by atoms with Gasteiger partial charge in [-0.15, -0.1) is 0 Å². The highest BCUT2D eigenvalue weighted by Gasteiger charge is 2.45. The average Bonchev–Trinajstić information content (AvgIpc) is 3.01. The molecule has 1 aliphatic rings. The van der Waals surface area contributed by atoms with E-state index in [2.05, 4.69) is 15.0 Å². The van der Waals surface area contributed by atoms with Gasteiger partial charge in [0, 0.05) is 0 Å². The zero-order valence-electron chi connectivity index (χ0n) is 10.1.